The zero-order chi connectivity index (χ0) is 18.7. The fourth-order valence-electron chi connectivity index (χ4n) is 2.88. The number of nitrogens with zero attached hydrogens (tertiary/aromatic N) is 1. The number of ether oxygens (including phenoxy) is 3. The van der Waals surface area contributed by atoms with Crippen LogP contribution in [0.15, 0.2) is 42.5 Å². The van der Waals surface area contributed by atoms with Crippen molar-refractivity contribution in [3.8, 4) is 17.2 Å². The van der Waals surface area contributed by atoms with Crippen molar-refractivity contribution in [1.29, 1.82) is 0 Å². The topological polar surface area (TPSA) is 48.0 Å². The van der Waals surface area contributed by atoms with Gasteiger partial charge in [-0.2, -0.15) is 0 Å². The molecular weight excluding hydrogens is 330 g/mol. The summed E-state index contributed by atoms with van der Waals surface area (Å²) < 4.78 is 16.0. The van der Waals surface area contributed by atoms with E-state index in [0.717, 1.165) is 28.4 Å². The van der Waals surface area contributed by atoms with Gasteiger partial charge in [0.15, 0.2) is 11.5 Å². The molecule has 5 nitrogen and oxygen atoms in total. The summed E-state index contributed by atoms with van der Waals surface area (Å²) in [4.78, 5) is 14.8. The van der Waals surface area contributed by atoms with Gasteiger partial charge in [0.2, 0.25) is 12.7 Å². The summed E-state index contributed by atoms with van der Waals surface area (Å²) in [5, 5.41) is 0. The molecule has 138 valence electrons. The van der Waals surface area contributed by atoms with Crippen LogP contribution in [0.4, 0.5) is 0 Å². The van der Waals surface area contributed by atoms with E-state index in [-0.39, 0.29) is 12.7 Å². The number of fused-ring (bicyclic) bond motifs is 1. The van der Waals surface area contributed by atoms with E-state index in [1.165, 1.54) is 0 Å². The molecule has 0 atom stereocenters. The summed E-state index contributed by atoms with van der Waals surface area (Å²) in [7, 11) is 1.64. The molecule has 3 rings (SSSR count). The standard InChI is InChI=1S/C21H25NO4/c1-21(2,3)20(23)22(12-15-5-8-17(24-4)9-6-15)13-16-7-10-18-19(11-16)26-14-25-18/h5-11H,12-14H2,1-4H3. The molecule has 2 aromatic carbocycles. The van der Waals surface area contributed by atoms with Crippen molar-refractivity contribution in [1.82, 2.24) is 4.90 Å². The maximum Gasteiger partial charge on any atom is 0.231 e. The zero-order valence-electron chi connectivity index (χ0n) is 15.7. The maximum absolute atomic E-state index is 13.0. The Bertz CT molecular complexity index is 778. The highest BCUT2D eigenvalue weighted by Gasteiger charge is 2.28. The van der Waals surface area contributed by atoms with Crippen molar-refractivity contribution in [2.45, 2.75) is 33.9 Å². The van der Waals surface area contributed by atoms with E-state index in [2.05, 4.69) is 0 Å². The maximum atomic E-state index is 13.0. The molecule has 1 amide bonds. The van der Waals surface area contributed by atoms with Crippen LogP contribution < -0.4 is 14.2 Å². The predicted molar refractivity (Wildman–Crippen MR) is 99.3 cm³/mol. The van der Waals surface area contributed by atoms with E-state index in [1.807, 2.05) is 68.1 Å². The Morgan fingerprint density at radius 1 is 1.00 bits per heavy atom. The summed E-state index contributed by atoms with van der Waals surface area (Å²) in [5.74, 6) is 2.39. The van der Waals surface area contributed by atoms with Crippen LogP contribution in [0.2, 0.25) is 0 Å². The van der Waals surface area contributed by atoms with Gasteiger partial charge >= 0.3 is 0 Å². The number of rotatable bonds is 5. The van der Waals surface area contributed by atoms with Crippen molar-refractivity contribution in [2.24, 2.45) is 5.41 Å². The van der Waals surface area contributed by atoms with Gasteiger partial charge < -0.3 is 19.1 Å². The Kier molecular flexibility index (Phi) is 5.07. The number of amides is 1. The largest absolute Gasteiger partial charge is 0.497 e. The van der Waals surface area contributed by atoms with E-state index >= 15 is 0 Å². The van der Waals surface area contributed by atoms with Gasteiger partial charge in [-0.1, -0.05) is 39.0 Å². The first kappa shape index (κ1) is 18.1. The molecule has 0 aromatic heterocycles. The highest BCUT2D eigenvalue weighted by Crippen LogP contribution is 2.33. The average molecular weight is 355 g/mol. The van der Waals surface area contributed by atoms with E-state index in [4.69, 9.17) is 14.2 Å². The molecule has 2 aromatic rings. The zero-order valence-corrected chi connectivity index (χ0v) is 15.7. The molecule has 0 radical (unpaired) electrons. The van der Waals surface area contributed by atoms with Crippen LogP contribution in [0.25, 0.3) is 0 Å². The fourth-order valence-corrected chi connectivity index (χ4v) is 2.88. The molecule has 0 saturated carbocycles. The van der Waals surface area contributed by atoms with Crippen LogP contribution in [0.1, 0.15) is 31.9 Å². The Balaban J connectivity index is 1.81. The number of hydrogen-bond acceptors (Lipinski definition) is 4. The second-order valence-electron chi connectivity index (χ2n) is 7.45. The lowest BCUT2D eigenvalue weighted by Gasteiger charge is -2.30. The third-order valence-corrected chi connectivity index (χ3v) is 4.27. The third-order valence-electron chi connectivity index (χ3n) is 4.27. The first-order chi connectivity index (χ1) is 12.4. The average Bonchev–Trinajstić information content (AvgIpc) is 3.08. The van der Waals surface area contributed by atoms with Crippen molar-refractivity contribution in [3.63, 3.8) is 0 Å². The molecule has 0 spiro atoms. The molecular formula is C21H25NO4. The van der Waals surface area contributed by atoms with Crippen LogP contribution >= 0.6 is 0 Å². The normalized spacial score (nSPS) is 12.8. The molecule has 0 aliphatic carbocycles. The Morgan fingerprint density at radius 3 is 2.27 bits per heavy atom. The smallest absolute Gasteiger partial charge is 0.231 e. The van der Waals surface area contributed by atoms with Gasteiger partial charge in [0.25, 0.3) is 0 Å². The Labute approximate surface area is 154 Å². The van der Waals surface area contributed by atoms with Gasteiger partial charge in [0.05, 0.1) is 7.11 Å². The van der Waals surface area contributed by atoms with E-state index < -0.39 is 5.41 Å². The number of carbonyl (C=O) groups is 1. The van der Waals surface area contributed by atoms with Gasteiger partial charge in [0.1, 0.15) is 5.75 Å². The van der Waals surface area contributed by atoms with E-state index in [1.54, 1.807) is 7.11 Å². The van der Waals surface area contributed by atoms with Gasteiger partial charge in [-0.05, 0) is 35.4 Å². The fraction of sp³-hybridized carbons (Fsp3) is 0.381. The first-order valence-corrected chi connectivity index (χ1v) is 8.67. The minimum Gasteiger partial charge on any atom is -0.497 e. The lowest BCUT2D eigenvalue weighted by atomic mass is 9.94. The van der Waals surface area contributed by atoms with E-state index in [9.17, 15) is 4.79 Å². The Morgan fingerprint density at radius 2 is 1.62 bits per heavy atom. The number of carbonyl (C=O) groups excluding carboxylic acids is 1. The van der Waals surface area contributed by atoms with Crippen LogP contribution in [0.5, 0.6) is 17.2 Å². The SMILES string of the molecule is COc1ccc(CN(Cc2ccc3c(c2)OCO3)C(=O)C(C)(C)C)cc1. The minimum atomic E-state index is -0.456. The predicted octanol–water partition coefficient (Wildman–Crippen LogP) is 4.00. The highest BCUT2D eigenvalue weighted by molar-refractivity contribution is 5.81. The van der Waals surface area contributed by atoms with Crippen LogP contribution in [0, 0.1) is 5.41 Å². The lowest BCUT2D eigenvalue weighted by Crippen LogP contribution is -2.38. The molecule has 0 bridgehead atoms. The van der Waals surface area contributed by atoms with Crippen molar-refractivity contribution in [2.75, 3.05) is 13.9 Å². The molecule has 0 fully saturated rings. The molecule has 1 heterocycles. The van der Waals surface area contributed by atoms with Crippen molar-refractivity contribution >= 4 is 5.91 Å². The van der Waals surface area contributed by atoms with Crippen LogP contribution in [-0.2, 0) is 17.9 Å². The number of hydrogen-bond donors (Lipinski definition) is 0. The third kappa shape index (κ3) is 4.10. The van der Waals surface area contributed by atoms with Gasteiger partial charge in [-0.25, -0.2) is 0 Å². The molecule has 0 N–H and O–H groups in total. The second kappa shape index (κ2) is 7.28. The quantitative estimate of drug-likeness (QED) is 0.813. The molecule has 0 unspecified atom stereocenters. The molecule has 26 heavy (non-hydrogen) atoms. The summed E-state index contributed by atoms with van der Waals surface area (Å²) in [6.07, 6.45) is 0. The van der Waals surface area contributed by atoms with Crippen LogP contribution in [0.3, 0.4) is 0 Å². The van der Waals surface area contributed by atoms with Gasteiger partial charge in [0, 0.05) is 18.5 Å². The molecule has 1 aliphatic heterocycles. The number of methoxy groups -OCH3 is 1. The minimum absolute atomic E-state index is 0.103. The van der Waals surface area contributed by atoms with Gasteiger partial charge in [-0.3, -0.25) is 4.79 Å². The van der Waals surface area contributed by atoms with Crippen molar-refractivity contribution < 1.29 is 19.0 Å². The summed E-state index contributed by atoms with van der Waals surface area (Å²) in [6.45, 7) is 7.12. The Hall–Kier alpha value is -2.69. The summed E-state index contributed by atoms with van der Waals surface area (Å²) in [5.41, 5.74) is 1.62. The summed E-state index contributed by atoms with van der Waals surface area (Å²) >= 11 is 0. The van der Waals surface area contributed by atoms with Crippen molar-refractivity contribution in [3.05, 3.63) is 53.6 Å². The second-order valence-corrected chi connectivity index (χ2v) is 7.45. The molecule has 0 saturated heterocycles. The molecule has 5 heteroatoms. The lowest BCUT2D eigenvalue weighted by molar-refractivity contribution is -0.140. The van der Waals surface area contributed by atoms with E-state index in [0.29, 0.717) is 13.1 Å². The first-order valence-electron chi connectivity index (χ1n) is 8.67. The van der Waals surface area contributed by atoms with Crippen LogP contribution in [-0.4, -0.2) is 24.7 Å². The molecule has 1 aliphatic rings. The van der Waals surface area contributed by atoms with Gasteiger partial charge in [-0.15, -0.1) is 0 Å². The summed E-state index contributed by atoms with van der Waals surface area (Å²) in [6, 6.07) is 13.6. The number of benzene rings is 2. The monoisotopic (exact) mass is 355 g/mol. The highest BCUT2D eigenvalue weighted by atomic mass is 16.7.